The normalized spacial score (nSPS) is 25.1. The predicted octanol–water partition coefficient (Wildman–Crippen LogP) is 2.91. The van der Waals surface area contributed by atoms with Crippen molar-refractivity contribution in [3.63, 3.8) is 0 Å². The van der Waals surface area contributed by atoms with E-state index in [4.69, 9.17) is 0 Å². The molecule has 0 saturated heterocycles. The third-order valence-corrected chi connectivity index (χ3v) is 6.49. The smallest absolute Gasteiger partial charge is 0.308 e. The Bertz CT molecular complexity index is 532. The number of carboxylic acids is 1. The maximum Gasteiger partial charge on any atom is 0.308 e. The van der Waals surface area contributed by atoms with Gasteiger partial charge in [-0.2, -0.15) is 11.8 Å². The van der Waals surface area contributed by atoms with E-state index in [1.54, 1.807) is 11.3 Å². The number of carbonyl (C=O) groups is 2. The van der Waals surface area contributed by atoms with Crippen LogP contribution in [0.4, 0.5) is 0 Å². The monoisotopic (exact) mass is 325 g/mol. The molecule has 0 bridgehead atoms. The van der Waals surface area contributed by atoms with Crippen molar-refractivity contribution in [2.75, 3.05) is 5.75 Å². The molecule has 2 aliphatic rings. The Hall–Kier alpha value is -1.01. The number of thioether (sulfide) groups is 1. The lowest BCUT2D eigenvalue weighted by atomic mass is 9.84. The van der Waals surface area contributed by atoms with Crippen LogP contribution in [0.25, 0.3) is 0 Å². The number of rotatable bonds is 3. The minimum atomic E-state index is -0.790. The SMILES string of the molecule is O=C(NC1CCCCC1C(=O)O)c1cc2c(s1)CCSC2. The van der Waals surface area contributed by atoms with Crippen LogP contribution in [0.1, 0.15) is 45.8 Å². The second-order valence-corrected chi connectivity index (χ2v) is 7.91. The van der Waals surface area contributed by atoms with Gasteiger partial charge in [-0.05, 0) is 36.6 Å². The number of aliphatic carboxylic acids is 1. The first-order chi connectivity index (χ1) is 10.1. The Kier molecular flexibility index (Phi) is 4.54. The summed E-state index contributed by atoms with van der Waals surface area (Å²) in [7, 11) is 0. The molecule has 0 spiro atoms. The number of carboxylic acid groups (broad SMARTS) is 1. The molecule has 1 aromatic heterocycles. The minimum absolute atomic E-state index is 0.0995. The molecular weight excluding hydrogens is 306 g/mol. The van der Waals surface area contributed by atoms with Crippen molar-refractivity contribution in [3.05, 3.63) is 21.4 Å². The number of aryl methyl sites for hydroxylation is 1. The molecule has 2 unspecified atom stereocenters. The van der Waals surface area contributed by atoms with Crippen LogP contribution in [0.5, 0.6) is 0 Å². The number of carbonyl (C=O) groups excluding carboxylic acids is 1. The van der Waals surface area contributed by atoms with Gasteiger partial charge in [0.25, 0.3) is 5.91 Å². The van der Waals surface area contributed by atoms with E-state index < -0.39 is 11.9 Å². The van der Waals surface area contributed by atoms with Crippen molar-refractivity contribution < 1.29 is 14.7 Å². The van der Waals surface area contributed by atoms with Crippen molar-refractivity contribution in [1.29, 1.82) is 0 Å². The molecule has 2 N–H and O–H groups in total. The van der Waals surface area contributed by atoms with E-state index in [9.17, 15) is 14.7 Å². The first-order valence-corrected chi connectivity index (χ1v) is 9.35. The molecule has 0 radical (unpaired) electrons. The highest BCUT2D eigenvalue weighted by atomic mass is 32.2. The first-order valence-electron chi connectivity index (χ1n) is 7.38. The van der Waals surface area contributed by atoms with Crippen LogP contribution < -0.4 is 5.32 Å². The highest BCUT2D eigenvalue weighted by Gasteiger charge is 2.32. The average Bonchev–Trinajstić information content (AvgIpc) is 2.91. The third-order valence-electron chi connectivity index (χ3n) is 4.25. The van der Waals surface area contributed by atoms with Gasteiger partial charge in [0.15, 0.2) is 0 Å². The molecule has 1 amide bonds. The number of fused-ring (bicyclic) bond motifs is 1. The zero-order valence-electron chi connectivity index (χ0n) is 11.8. The fraction of sp³-hybridized carbons (Fsp3) is 0.600. The first kappa shape index (κ1) is 14.9. The fourth-order valence-corrected chi connectivity index (χ4v) is 5.37. The van der Waals surface area contributed by atoms with E-state index >= 15 is 0 Å². The molecule has 0 aromatic carbocycles. The molecule has 114 valence electrons. The maximum absolute atomic E-state index is 12.4. The molecule has 1 aromatic rings. The fourth-order valence-electron chi connectivity index (χ4n) is 3.10. The van der Waals surface area contributed by atoms with Crippen LogP contribution in [0, 0.1) is 5.92 Å². The van der Waals surface area contributed by atoms with E-state index in [1.807, 2.05) is 17.8 Å². The van der Waals surface area contributed by atoms with Gasteiger partial charge in [0, 0.05) is 16.7 Å². The van der Waals surface area contributed by atoms with Crippen molar-refractivity contribution in [2.24, 2.45) is 5.92 Å². The Morgan fingerprint density at radius 1 is 1.29 bits per heavy atom. The third kappa shape index (κ3) is 3.26. The van der Waals surface area contributed by atoms with Crippen molar-refractivity contribution in [3.8, 4) is 0 Å². The van der Waals surface area contributed by atoms with Crippen LogP contribution >= 0.6 is 23.1 Å². The van der Waals surface area contributed by atoms with E-state index in [0.29, 0.717) is 6.42 Å². The standard InChI is InChI=1S/C15H19NO3S2/c17-14(13-7-9-8-20-6-5-12(9)21-13)16-11-4-2-1-3-10(11)15(18)19/h7,10-11H,1-6,8H2,(H,16,17)(H,18,19). The molecule has 6 heteroatoms. The molecular formula is C15H19NO3S2. The zero-order valence-corrected chi connectivity index (χ0v) is 13.4. The van der Waals surface area contributed by atoms with Gasteiger partial charge >= 0.3 is 5.97 Å². The number of hydrogen-bond donors (Lipinski definition) is 2. The van der Waals surface area contributed by atoms with Crippen molar-refractivity contribution in [2.45, 2.75) is 43.9 Å². The van der Waals surface area contributed by atoms with Crippen LogP contribution in [-0.4, -0.2) is 28.8 Å². The van der Waals surface area contributed by atoms with E-state index in [1.165, 1.54) is 10.4 Å². The highest BCUT2D eigenvalue weighted by molar-refractivity contribution is 7.98. The molecule has 2 atom stereocenters. The van der Waals surface area contributed by atoms with Gasteiger partial charge in [-0.25, -0.2) is 0 Å². The highest BCUT2D eigenvalue weighted by Crippen LogP contribution is 2.32. The molecule has 3 rings (SSSR count). The summed E-state index contributed by atoms with van der Waals surface area (Å²) in [5, 5.41) is 12.2. The summed E-state index contributed by atoms with van der Waals surface area (Å²) >= 11 is 3.47. The van der Waals surface area contributed by atoms with E-state index in [2.05, 4.69) is 5.32 Å². The van der Waals surface area contributed by atoms with Crippen LogP contribution in [-0.2, 0) is 17.0 Å². The number of amides is 1. The Balaban J connectivity index is 1.70. The van der Waals surface area contributed by atoms with E-state index in [-0.39, 0.29) is 11.9 Å². The lowest BCUT2D eigenvalue weighted by molar-refractivity contribution is -0.143. The second kappa shape index (κ2) is 6.40. The molecule has 1 saturated carbocycles. The molecule has 21 heavy (non-hydrogen) atoms. The maximum atomic E-state index is 12.4. The number of nitrogens with one attached hydrogen (secondary N) is 1. The predicted molar refractivity (Wildman–Crippen MR) is 85.0 cm³/mol. The summed E-state index contributed by atoms with van der Waals surface area (Å²) in [6, 6.07) is 1.76. The molecule has 1 aliphatic heterocycles. The van der Waals surface area contributed by atoms with Gasteiger partial charge < -0.3 is 10.4 Å². The van der Waals surface area contributed by atoms with E-state index in [0.717, 1.165) is 42.1 Å². The van der Waals surface area contributed by atoms with Gasteiger partial charge in [0.1, 0.15) is 0 Å². The lowest BCUT2D eigenvalue weighted by Gasteiger charge is -2.29. The Labute approximate surface area is 132 Å². The number of hydrogen-bond acceptors (Lipinski definition) is 4. The van der Waals surface area contributed by atoms with Crippen LogP contribution in [0.2, 0.25) is 0 Å². The summed E-state index contributed by atoms with van der Waals surface area (Å²) in [4.78, 5) is 25.7. The summed E-state index contributed by atoms with van der Waals surface area (Å²) in [6.07, 6.45) is 4.40. The summed E-state index contributed by atoms with van der Waals surface area (Å²) < 4.78 is 0. The number of thiophene rings is 1. The molecule has 2 heterocycles. The summed E-state index contributed by atoms with van der Waals surface area (Å²) in [6.45, 7) is 0. The Morgan fingerprint density at radius 3 is 2.86 bits per heavy atom. The summed E-state index contributed by atoms with van der Waals surface area (Å²) in [5.74, 6) is 0.783. The van der Waals surface area contributed by atoms with Gasteiger partial charge in [0.2, 0.25) is 0 Å². The second-order valence-electron chi connectivity index (χ2n) is 5.67. The van der Waals surface area contributed by atoms with Crippen molar-refractivity contribution >= 4 is 35.0 Å². The van der Waals surface area contributed by atoms with Crippen LogP contribution in [0.3, 0.4) is 0 Å². The molecule has 4 nitrogen and oxygen atoms in total. The van der Waals surface area contributed by atoms with Crippen LogP contribution in [0.15, 0.2) is 6.07 Å². The quantitative estimate of drug-likeness (QED) is 0.897. The minimum Gasteiger partial charge on any atom is -0.481 e. The molecule has 1 aliphatic carbocycles. The zero-order chi connectivity index (χ0) is 14.8. The van der Waals surface area contributed by atoms with Gasteiger partial charge in [-0.1, -0.05) is 12.8 Å². The lowest BCUT2D eigenvalue weighted by Crippen LogP contribution is -2.44. The average molecular weight is 325 g/mol. The molecule has 1 fully saturated rings. The summed E-state index contributed by atoms with van der Waals surface area (Å²) in [5.41, 5.74) is 1.28. The largest absolute Gasteiger partial charge is 0.481 e. The topological polar surface area (TPSA) is 66.4 Å². The van der Waals surface area contributed by atoms with Gasteiger partial charge in [-0.15, -0.1) is 11.3 Å². The van der Waals surface area contributed by atoms with Gasteiger partial charge in [0.05, 0.1) is 10.8 Å². The Morgan fingerprint density at radius 2 is 2.10 bits per heavy atom. The van der Waals surface area contributed by atoms with Crippen molar-refractivity contribution in [1.82, 2.24) is 5.32 Å². The van der Waals surface area contributed by atoms with Gasteiger partial charge in [-0.3, -0.25) is 9.59 Å².